The molecule has 0 spiro atoms. The van der Waals surface area contributed by atoms with E-state index >= 15 is 0 Å². The van der Waals surface area contributed by atoms with Gasteiger partial charge in [0, 0.05) is 26.2 Å². The third-order valence-corrected chi connectivity index (χ3v) is 5.23. The number of nitrogens with two attached hydrogens (primary N) is 1. The van der Waals surface area contributed by atoms with E-state index in [4.69, 9.17) is 10.5 Å². The highest BCUT2D eigenvalue weighted by Crippen LogP contribution is 2.20. The van der Waals surface area contributed by atoms with Gasteiger partial charge in [0.05, 0.1) is 13.2 Å². The maximum absolute atomic E-state index is 12.6. The number of ether oxygens (including phenoxy) is 1. The molecule has 0 atom stereocenters. The third-order valence-electron chi connectivity index (χ3n) is 3.25. The molecule has 0 amide bonds. The van der Waals surface area contributed by atoms with Crippen LogP contribution in [-0.4, -0.2) is 63.0 Å². The topological polar surface area (TPSA) is 75.9 Å². The molecule has 0 aromatic rings. The van der Waals surface area contributed by atoms with E-state index < -0.39 is 10.2 Å². The summed E-state index contributed by atoms with van der Waals surface area (Å²) in [7, 11) is -3.40. The standard InChI is InChI=1S/C12H27N3O3S/c1-4-5-15(11-12(2,3)10-13)19(16,17)14-6-8-18-9-7-14/h4-11,13H2,1-3H3. The van der Waals surface area contributed by atoms with Gasteiger partial charge in [0.1, 0.15) is 0 Å². The van der Waals surface area contributed by atoms with Gasteiger partial charge < -0.3 is 10.5 Å². The Morgan fingerprint density at radius 2 is 1.89 bits per heavy atom. The Balaban J connectivity index is 2.83. The van der Waals surface area contributed by atoms with Crippen molar-refractivity contribution in [2.24, 2.45) is 11.1 Å². The normalized spacial score (nSPS) is 19.0. The fourth-order valence-corrected chi connectivity index (χ4v) is 3.87. The molecule has 1 saturated heterocycles. The second-order valence-corrected chi connectivity index (χ2v) is 7.65. The smallest absolute Gasteiger partial charge is 0.282 e. The first kappa shape index (κ1) is 16.8. The van der Waals surface area contributed by atoms with Crippen molar-refractivity contribution in [3.8, 4) is 0 Å². The van der Waals surface area contributed by atoms with E-state index in [2.05, 4.69) is 0 Å². The second-order valence-electron chi connectivity index (χ2n) is 5.72. The molecule has 0 aliphatic carbocycles. The summed E-state index contributed by atoms with van der Waals surface area (Å²) in [4.78, 5) is 0. The Labute approximate surface area is 117 Å². The second kappa shape index (κ2) is 6.99. The minimum atomic E-state index is -3.40. The predicted molar refractivity (Wildman–Crippen MR) is 76.0 cm³/mol. The molecular weight excluding hydrogens is 266 g/mol. The zero-order chi connectivity index (χ0) is 14.5. The molecule has 1 aliphatic rings. The lowest BCUT2D eigenvalue weighted by atomic mass is 9.94. The van der Waals surface area contributed by atoms with E-state index in [0.29, 0.717) is 45.9 Å². The van der Waals surface area contributed by atoms with Crippen LogP contribution in [0.25, 0.3) is 0 Å². The molecule has 0 saturated carbocycles. The molecule has 114 valence electrons. The quantitative estimate of drug-likeness (QED) is 0.730. The van der Waals surface area contributed by atoms with E-state index in [1.807, 2.05) is 20.8 Å². The van der Waals surface area contributed by atoms with Crippen LogP contribution in [0.3, 0.4) is 0 Å². The minimum absolute atomic E-state index is 0.214. The van der Waals surface area contributed by atoms with Crippen molar-refractivity contribution in [2.45, 2.75) is 27.2 Å². The summed E-state index contributed by atoms with van der Waals surface area (Å²) in [6, 6.07) is 0. The summed E-state index contributed by atoms with van der Waals surface area (Å²) in [6.45, 7) is 9.23. The molecule has 1 heterocycles. The molecule has 7 heteroatoms. The Bertz CT molecular complexity index is 364. The maximum Gasteiger partial charge on any atom is 0.282 e. The minimum Gasteiger partial charge on any atom is -0.379 e. The summed E-state index contributed by atoms with van der Waals surface area (Å²) in [5.74, 6) is 0. The van der Waals surface area contributed by atoms with Crippen LogP contribution < -0.4 is 5.73 Å². The van der Waals surface area contributed by atoms with Gasteiger partial charge in [0.15, 0.2) is 0 Å². The first-order valence-electron chi connectivity index (χ1n) is 6.86. The molecule has 0 unspecified atom stereocenters. The molecule has 1 fully saturated rings. The molecule has 0 aromatic carbocycles. The Morgan fingerprint density at radius 1 is 1.32 bits per heavy atom. The SMILES string of the molecule is CCCN(CC(C)(C)CN)S(=O)(=O)N1CCOCC1. The zero-order valence-electron chi connectivity index (χ0n) is 12.3. The lowest BCUT2D eigenvalue weighted by Crippen LogP contribution is -2.51. The summed E-state index contributed by atoms with van der Waals surface area (Å²) < 4.78 is 33.5. The Hall–Kier alpha value is -0.210. The fourth-order valence-electron chi connectivity index (χ4n) is 2.01. The van der Waals surface area contributed by atoms with Crippen molar-refractivity contribution in [1.82, 2.24) is 8.61 Å². The van der Waals surface area contributed by atoms with Crippen LogP contribution in [0.5, 0.6) is 0 Å². The molecule has 1 rings (SSSR count). The summed E-state index contributed by atoms with van der Waals surface area (Å²) in [5, 5.41) is 0. The molecular formula is C12H27N3O3S. The van der Waals surface area contributed by atoms with Gasteiger partial charge in [0.25, 0.3) is 10.2 Å². The number of hydrogen-bond acceptors (Lipinski definition) is 4. The van der Waals surface area contributed by atoms with E-state index in [0.717, 1.165) is 6.42 Å². The Morgan fingerprint density at radius 3 is 2.37 bits per heavy atom. The van der Waals surface area contributed by atoms with Gasteiger partial charge in [0.2, 0.25) is 0 Å². The maximum atomic E-state index is 12.6. The molecule has 1 aliphatic heterocycles. The number of morpholine rings is 1. The summed E-state index contributed by atoms with van der Waals surface area (Å²) in [5.41, 5.74) is 5.50. The average molecular weight is 293 g/mol. The van der Waals surface area contributed by atoms with E-state index in [1.54, 1.807) is 4.31 Å². The largest absolute Gasteiger partial charge is 0.379 e. The average Bonchev–Trinajstić information content (AvgIpc) is 2.39. The van der Waals surface area contributed by atoms with Crippen LogP contribution in [0.4, 0.5) is 0 Å². The van der Waals surface area contributed by atoms with Crippen LogP contribution in [-0.2, 0) is 14.9 Å². The third kappa shape index (κ3) is 4.68. The fraction of sp³-hybridized carbons (Fsp3) is 1.00. The van der Waals surface area contributed by atoms with Crippen LogP contribution in [0, 0.1) is 5.41 Å². The van der Waals surface area contributed by atoms with E-state index in [9.17, 15) is 8.42 Å². The summed E-state index contributed by atoms with van der Waals surface area (Å²) >= 11 is 0. The van der Waals surface area contributed by atoms with Crippen molar-refractivity contribution in [1.29, 1.82) is 0 Å². The first-order valence-corrected chi connectivity index (χ1v) is 8.26. The lowest BCUT2D eigenvalue weighted by Gasteiger charge is -2.35. The predicted octanol–water partition coefficient (Wildman–Crippen LogP) is 0.260. The van der Waals surface area contributed by atoms with Crippen molar-refractivity contribution >= 4 is 10.2 Å². The molecule has 0 bridgehead atoms. The highest BCUT2D eigenvalue weighted by atomic mass is 32.2. The molecule has 6 nitrogen and oxygen atoms in total. The molecule has 0 radical (unpaired) electrons. The van der Waals surface area contributed by atoms with Crippen molar-refractivity contribution in [3.63, 3.8) is 0 Å². The van der Waals surface area contributed by atoms with Gasteiger partial charge in [-0.2, -0.15) is 17.0 Å². The Kier molecular flexibility index (Phi) is 6.19. The first-order chi connectivity index (χ1) is 8.83. The van der Waals surface area contributed by atoms with Crippen LogP contribution in [0.2, 0.25) is 0 Å². The zero-order valence-corrected chi connectivity index (χ0v) is 13.1. The number of nitrogens with zero attached hydrogens (tertiary/aromatic N) is 2. The monoisotopic (exact) mass is 293 g/mol. The molecule has 2 N–H and O–H groups in total. The van der Waals surface area contributed by atoms with E-state index in [-0.39, 0.29) is 5.41 Å². The summed E-state index contributed by atoms with van der Waals surface area (Å²) in [6.07, 6.45) is 0.796. The molecule has 19 heavy (non-hydrogen) atoms. The highest BCUT2D eigenvalue weighted by molar-refractivity contribution is 7.86. The van der Waals surface area contributed by atoms with Gasteiger partial charge in [-0.3, -0.25) is 0 Å². The van der Waals surface area contributed by atoms with Crippen LogP contribution >= 0.6 is 0 Å². The van der Waals surface area contributed by atoms with Crippen LogP contribution in [0.15, 0.2) is 0 Å². The van der Waals surface area contributed by atoms with Gasteiger partial charge in [-0.25, -0.2) is 0 Å². The van der Waals surface area contributed by atoms with Crippen molar-refractivity contribution < 1.29 is 13.2 Å². The molecule has 0 aromatic heterocycles. The van der Waals surface area contributed by atoms with Gasteiger partial charge in [-0.15, -0.1) is 0 Å². The number of hydrogen-bond donors (Lipinski definition) is 1. The lowest BCUT2D eigenvalue weighted by molar-refractivity contribution is 0.0693. The highest BCUT2D eigenvalue weighted by Gasteiger charge is 2.33. The van der Waals surface area contributed by atoms with E-state index in [1.165, 1.54) is 4.31 Å². The van der Waals surface area contributed by atoms with Crippen molar-refractivity contribution in [2.75, 3.05) is 45.9 Å². The van der Waals surface area contributed by atoms with Gasteiger partial charge >= 0.3 is 0 Å². The van der Waals surface area contributed by atoms with Crippen molar-refractivity contribution in [3.05, 3.63) is 0 Å². The van der Waals surface area contributed by atoms with Crippen LogP contribution in [0.1, 0.15) is 27.2 Å². The van der Waals surface area contributed by atoms with Gasteiger partial charge in [-0.05, 0) is 18.4 Å². The van der Waals surface area contributed by atoms with Gasteiger partial charge in [-0.1, -0.05) is 20.8 Å². The number of rotatable bonds is 7.